The fourth-order valence-corrected chi connectivity index (χ4v) is 2.07. The third kappa shape index (κ3) is 3.18. The van der Waals surface area contributed by atoms with Gasteiger partial charge >= 0.3 is 0 Å². The second kappa shape index (κ2) is 5.33. The number of nitrogens with zero attached hydrogens (tertiary/aromatic N) is 3. The van der Waals surface area contributed by atoms with Crippen LogP contribution in [0.4, 0.5) is 11.6 Å². The Morgan fingerprint density at radius 3 is 2.56 bits per heavy atom. The molecule has 5 heteroatoms. The highest BCUT2D eigenvalue weighted by Gasteiger charge is 2.18. The first-order valence-electron chi connectivity index (χ1n) is 6.43. The summed E-state index contributed by atoms with van der Waals surface area (Å²) < 4.78 is 0. The molecule has 0 amide bonds. The lowest BCUT2D eigenvalue weighted by atomic mass is 10.1. The van der Waals surface area contributed by atoms with Crippen LogP contribution in [0.1, 0.15) is 32.5 Å². The summed E-state index contributed by atoms with van der Waals surface area (Å²) in [6.45, 7) is 7.57. The summed E-state index contributed by atoms with van der Waals surface area (Å²) in [6, 6.07) is 2.30. The average Bonchev–Trinajstić information content (AvgIpc) is 2.28. The van der Waals surface area contributed by atoms with Crippen LogP contribution >= 0.6 is 0 Å². The molecule has 1 aliphatic rings. The number of ketones is 1. The third-order valence-electron chi connectivity index (χ3n) is 2.91. The highest BCUT2D eigenvalue weighted by Crippen LogP contribution is 2.19. The van der Waals surface area contributed by atoms with Gasteiger partial charge in [0.15, 0.2) is 0 Å². The van der Waals surface area contributed by atoms with Gasteiger partial charge in [-0.25, -0.2) is 9.97 Å². The Hall–Kier alpha value is -1.65. The Bertz CT molecular complexity index is 435. The number of aromatic nitrogens is 2. The van der Waals surface area contributed by atoms with Crippen molar-refractivity contribution < 1.29 is 4.79 Å². The quantitative estimate of drug-likeness (QED) is 0.883. The van der Waals surface area contributed by atoms with Gasteiger partial charge in [0.05, 0.1) is 0 Å². The van der Waals surface area contributed by atoms with Gasteiger partial charge in [0, 0.05) is 38.0 Å². The number of rotatable bonds is 3. The zero-order valence-electron chi connectivity index (χ0n) is 11.2. The molecule has 0 unspecified atom stereocenters. The van der Waals surface area contributed by atoms with Gasteiger partial charge in [-0.2, -0.15) is 0 Å². The van der Waals surface area contributed by atoms with E-state index in [0.717, 1.165) is 30.5 Å². The number of aryl methyl sites for hydroxylation is 1. The Morgan fingerprint density at radius 1 is 1.28 bits per heavy atom. The Morgan fingerprint density at radius 2 is 1.94 bits per heavy atom. The largest absolute Gasteiger partial charge is 0.368 e. The molecule has 5 nitrogen and oxygen atoms in total. The van der Waals surface area contributed by atoms with Gasteiger partial charge in [-0.1, -0.05) is 0 Å². The molecule has 1 aromatic rings. The molecule has 2 rings (SSSR count). The van der Waals surface area contributed by atoms with Crippen LogP contribution in [0.5, 0.6) is 0 Å². The lowest BCUT2D eigenvalue weighted by Crippen LogP contribution is -2.34. The first-order chi connectivity index (χ1) is 8.54. The van der Waals surface area contributed by atoms with Crippen LogP contribution in [-0.4, -0.2) is 34.9 Å². The predicted octanol–water partition coefficient (Wildman–Crippen LogP) is 1.77. The molecule has 1 saturated heterocycles. The van der Waals surface area contributed by atoms with E-state index >= 15 is 0 Å². The van der Waals surface area contributed by atoms with Crippen LogP contribution < -0.4 is 10.2 Å². The third-order valence-corrected chi connectivity index (χ3v) is 2.91. The predicted molar refractivity (Wildman–Crippen MR) is 72.0 cm³/mol. The van der Waals surface area contributed by atoms with Crippen molar-refractivity contribution in [2.24, 2.45) is 0 Å². The second-order valence-electron chi connectivity index (χ2n) is 4.98. The van der Waals surface area contributed by atoms with Crippen molar-refractivity contribution in [1.29, 1.82) is 0 Å². The van der Waals surface area contributed by atoms with Crippen LogP contribution in [0.15, 0.2) is 6.07 Å². The second-order valence-corrected chi connectivity index (χ2v) is 4.98. The van der Waals surface area contributed by atoms with Crippen LogP contribution in [0.2, 0.25) is 0 Å². The van der Waals surface area contributed by atoms with Gasteiger partial charge in [-0.05, 0) is 20.8 Å². The van der Waals surface area contributed by atoms with E-state index in [1.165, 1.54) is 0 Å². The topological polar surface area (TPSA) is 58.1 Å². The fourth-order valence-electron chi connectivity index (χ4n) is 2.07. The van der Waals surface area contributed by atoms with Gasteiger partial charge in [-0.15, -0.1) is 0 Å². The number of hydrogen-bond donors (Lipinski definition) is 1. The molecule has 18 heavy (non-hydrogen) atoms. The molecule has 0 aliphatic carbocycles. The van der Waals surface area contributed by atoms with Gasteiger partial charge in [-0.3, -0.25) is 4.79 Å². The number of Topliss-reactive ketones (excluding diaryl/α,β-unsaturated/α-hetero) is 1. The summed E-state index contributed by atoms with van der Waals surface area (Å²) >= 11 is 0. The molecule has 0 saturated carbocycles. The minimum atomic E-state index is 0.343. The molecule has 1 aromatic heterocycles. The van der Waals surface area contributed by atoms with E-state index in [4.69, 9.17) is 0 Å². The van der Waals surface area contributed by atoms with E-state index in [1.807, 2.05) is 13.0 Å². The highest BCUT2D eigenvalue weighted by molar-refractivity contribution is 5.80. The number of hydrogen-bond acceptors (Lipinski definition) is 5. The van der Waals surface area contributed by atoms with E-state index in [9.17, 15) is 4.79 Å². The molecule has 98 valence electrons. The monoisotopic (exact) mass is 248 g/mol. The lowest BCUT2D eigenvalue weighted by Gasteiger charge is -2.27. The Kier molecular flexibility index (Phi) is 3.79. The molecule has 1 N–H and O–H groups in total. The molecule has 1 aliphatic heterocycles. The fraction of sp³-hybridized carbons (Fsp3) is 0.615. The minimum absolute atomic E-state index is 0.343. The summed E-state index contributed by atoms with van der Waals surface area (Å²) in [5.74, 6) is 2.87. The first kappa shape index (κ1) is 12.8. The lowest BCUT2D eigenvalue weighted by molar-refractivity contribution is -0.119. The number of anilines is 2. The summed E-state index contributed by atoms with van der Waals surface area (Å²) in [5.41, 5.74) is 0. The van der Waals surface area contributed by atoms with Crippen molar-refractivity contribution >= 4 is 17.4 Å². The van der Waals surface area contributed by atoms with E-state index in [2.05, 4.69) is 34.0 Å². The van der Waals surface area contributed by atoms with Crippen molar-refractivity contribution in [3.05, 3.63) is 11.9 Å². The molecule has 0 spiro atoms. The summed E-state index contributed by atoms with van der Waals surface area (Å²) in [4.78, 5) is 22.2. The molecule has 0 aromatic carbocycles. The van der Waals surface area contributed by atoms with E-state index in [0.29, 0.717) is 24.7 Å². The van der Waals surface area contributed by atoms with Gasteiger partial charge in [0.2, 0.25) is 0 Å². The van der Waals surface area contributed by atoms with Gasteiger partial charge in [0.1, 0.15) is 23.2 Å². The van der Waals surface area contributed by atoms with Crippen LogP contribution in [0, 0.1) is 6.92 Å². The number of piperidine rings is 1. The molecule has 0 radical (unpaired) electrons. The van der Waals surface area contributed by atoms with E-state index < -0.39 is 0 Å². The normalized spacial score (nSPS) is 16.2. The molecule has 2 heterocycles. The average molecular weight is 248 g/mol. The van der Waals surface area contributed by atoms with Crippen molar-refractivity contribution in [3.63, 3.8) is 0 Å². The van der Waals surface area contributed by atoms with Crippen molar-refractivity contribution in [2.45, 2.75) is 39.7 Å². The maximum Gasteiger partial charge on any atom is 0.136 e. The number of nitrogens with one attached hydrogen (secondary N) is 1. The number of carbonyl (C=O) groups excluding carboxylic acids is 1. The molecule has 1 fully saturated rings. The van der Waals surface area contributed by atoms with Crippen molar-refractivity contribution in [1.82, 2.24) is 9.97 Å². The SMILES string of the molecule is Cc1nc(NC(C)C)cc(N2CCC(=O)CC2)n1. The Balaban J connectivity index is 2.17. The maximum atomic E-state index is 11.2. The summed E-state index contributed by atoms with van der Waals surface area (Å²) in [5, 5.41) is 3.29. The first-order valence-corrected chi connectivity index (χ1v) is 6.43. The zero-order valence-corrected chi connectivity index (χ0v) is 11.2. The van der Waals surface area contributed by atoms with E-state index in [1.54, 1.807) is 0 Å². The standard InChI is InChI=1S/C13H20N4O/c1-9(2)14-12-8-13(16-10(3)15-12)17-6-4-11(18)5-7-17/h8-9H,4-7H2,1-3H3,(H,14,15,16). The molecule has 0 atom stereocenters. The molecular formula is C13H20N4O. The summed E-state index contributed by atoms with van der Waals surface area (Å²) in [6.07, 6.45) is 1.24. The van der Waals surface area contributed by atoms with Crippen molar-refractivity contribution in [2.75, 3.05) is 23.3 Å². The molecule has 0 bridgehead atoms. The van der Waals surface area contributed by atoms with Crippen molar-refractivity contribution in [3.8, 4) is 0 Å². The van der Waals surface area contributed by atoms with Gasteiger partial charge in [0.25, 0.3) is 0 Å². The molecular weight excluding hydrogens is 228 g/mol. The zero-order chi connectivity index (χ0) is 13.1. The Labute approximate surface area is 108 Å². The minimum Gasteiger partial charge on any atom is -0.368 e. The van der Waals surface area contributed by atoms with Crippen LogP contribution in [0.3, 0.4) is 0 Å². The van der Waals surface area contributed by atoms with E-state index in [-0.39, 0.29) is 0 Å². The number of carbonyl (C=O) groups is 1. The van der Waals surface area contributed by atoms with Gasteiger partial charge < -0.3 is 10.2 Å². The van der Waals surface area contributed by atoms with Crippen LogP contribution in [-0.2, 0) is 4.79 Å². The highest BCUT2D eigenvalue weighted by atomic mass is 16.1. The maximum absolute atomic E-state index is 11.2. The van der Waals surface area contributed by atoms with Crippen LogP contribution in [0.25, 0.3) is 0 Å². The smallest absolute Gasteiger partial charge is 0.136 e. The summed E-state index contributed by atoms with van der Waals surface area (Å²) in [7, 11) is 0.